The summed E-state index contributed by atoms with van der Waals surface area (Å²) in [5, 5.41) is 19.0. The minimum atomic E-state index is -0.723. The maximum Gasteiger partial charge on any atom is 0.227 e. The van der Waals surface area contributed by atoms with Crippen molar-refractivity contribution in [2.45, 2.75) is 29.5 Å². The number of carbonyl (C=O) groups excluding carboxylic acids is 2. The molecule has 188 valence electrons. The molecule has 0 fully saturated rings. The maximum atomic E-state index is 13.3. The van der Waals surface area contributed by atoms with Gasteiger partial charge in [0.05, 0.1) is 44.6 Å². The predicted octanol–water partition coefficient (Wildman–Crippen LogP) is 2.45. The van der Waals surface area contributed by atoms with Crippen LogP contribution in [0.1, 0.15) is 30.7 Å². The molecule has 1 aliphatic carbocycles. The highest BCUT2D eigenvalue weighted by Gasteiger charge is 2.42. The molecule has 0 radical (unpaired) electrons. The summed E-state index contributed by atoms with van der Waals surface area (Å²) in [5.74, 6) is 0.137. The van der Waals surface area contributed by atoms with Gasteiger partial charge in [-0.1, -0.05) is 23.1 Å². The van der Waals surface area contributed by atoms with Gasteiger partial charge in [-0.2, -0.15) is 5.26 Å². The van der Waals surface area contributed by atoms with Crippen LogP contribution in [0.4, 0.5) is 5.13 Å². The van der Waals surface area contributed by atoms with Crippen LogP contribution in [0.15, 0.2) is 39.1 Å². The van der Waals surface area contributed by atoms with Crippen LogP contribution in [-0.2, 0) is 9.59 Å². The van der Waals surface area contributed by atoms with Crippen molar-refractivity contribution in [3.05, 3.63) is 40.4 Å². The van der Waals surface area contributed by atoms with Gasteiger partial charge in [0.2, 0.25) is 16.8 Å². The van der Waals surface area contributed by atoms with E-state index in [9.17, 15) is 14.9 Å². The van der Waals surface area contributed by atoms with E-state index in [4.69, 9.17) is 25.7 Å². The van der Waals surface area contributed by atoms with Gasteiger partial charge in [0.1, 0.15) is 5.82 Å². The molecule has 13 heteroatoms. The van der Waals surface area contributed by atoms with Crippen molar-refractivity contribution >= 4 is 39.9 Å². The lowest BCUT2D eigenvalue weighted by atomic mass is 9.75. The summed E-state index contributed by atoms with van der Waals surface area (Å²) in [6.07, 6.45) is 1.54. The summed E-state index contributed by atoms with van der Waals surface area (Å²) in [4.78, 5) is 26.1. The molecule has 1 aliphatic heterocycles. The van der Waals surface area contributed by atoms with Gasteiger partial charge in [-0.25, -0.2) is 0 Å². The molecule has 1 atom stereocenters. The van der Waals surface area contributed by atoms with Gasteiger partial charge >= 0.3 is 0 Å². The highest BCUT2D eigenvalue weighted by atomic mass is 32.2. The average molecular weight is 529 g/mol. The van der Waals surface area contributed by atoms with Gasteiger partial charge in [0.25, 0.3) is 0 Å². The number of methoxy groups -OCH3 is 3. The summed E-state index contributed by atoms with van der Waals surface area (Å²) in [6, 6.07) is 5.66. The summed E-state index contributed by atoms with van der Waals surface area (Å²) in [7, 11) is 4.50. The molecule has 0 saturated heterocycles. The molecular weight excluding hydrogens is 504 g/mol. The Morgan fingerprint density at radius 2 is 1.92 bits per heavy atom. The van der Waals surface area contributed by atoms with Crippen LogP contribution >= 0.6 is 23.1 Å². The van der Waals surface area contributed by atoms with Crippen molar-refractivity contribution in [1.29, 1.82) is 5.26 Å². The zero-order valence-electron chi connectivity index (χ0n) is 19.9. The van der Waals surface area contributed by atoms with Gasteiger partial charge in [0, 0.05) is 17.7 Å². The maximum absolute atomic E-state index is 13.3. The lowest BCUT2D eigenvalue weighted by Crippen LogP contribution is -2.38. The first-order valence-corrected chi connectivity index (χ1v) is 12.6. The number of rotatable bonds is 8. The molecule has 2 heterocycles. The molecule has 1 aromatic carbocycles. The number of nitriles is 1. The highest BCUT2D eigenvalue weighted by Crippen LogP contribution is 2.49. The Morgan fingerprint density at radius 1 is 1.22 bits per heavy atom. The number of ether oxygens (including phenoxy) is 3. The van der Waals surface area contributed by atoms with Crippen molar-refractivity contribution in [1.82, 2.24) is 10.2 Å². The first-order chi connectivity index (χ1) is 17.3. The van der Waals surface area contributed by atoms with Crippen LogP contribution in [0.3, 0.4) is 0 Å². The number of primary amides is 1. The fourth-order valence-corrected chi connectivity index (χ4v) is 6.01. The second-order valence-electron chi connectivity index (χ2n) is 7.88. The number of amides is 1. The number of thioether (sulfide) groups is 1. The van der Waals surface area contributed by atoms with Crippen LogP contribution in [-0.4, -0.2) is 49.0 Å². The van der Waals surface area contributed by atoms with Gasteiger partial charge in [-0.05, 0) is 30.5 Å². The van der Waals surface area contributed by atoms with Gasteiger partial charge < -0.3 is 25.7 Å². The molecule has 0 spiro atoms. The van der Waals surface area contributed by atoms with Crippen molar-refractivity contribution < 1.29 is 23.8 Å². The highest BCUT2D eigenvalue weighted by molar-refractivity contribution is 8.01. The Kier molecular flexibility index (Phi) is 7.37. The quantitative estimate of drug-likeness (QED) is 0.483. The Morgan fingerprint density at radius 3 is 2.50 bits per heavy atom. The van der Waals surface area contributed by atoms with Crippen molar-refractivity contribution in [2.24, 2.45) is 11.5 Å². The van der Waals surface area contributed by atoms with E-state index in [-0.39, 0.29) is 22.9 Å². The number of benzene rings is 1. The smallest absolute Gasteiger partial charge is 0.227 e. The van der Waals surface area contributed by atoms with E-state index in [1.807, 2.05) is 0 Å². The van der Waals surface area contributed by atoms with E-state index in [0.29, 0.717) is 62.8 Å². The summed E-state index contributed by atoms with van der Waals surface area (Å²) >= 11 is 2.36. The molecular formula is C23H24N6O5S2. The Balaban J connectivity index is 1.89. The molecule has 2 aromatic rings. The van der Waals surface area contributed by atoms with E-state index in [1.54, 1.807) is 17.0 Å². The minimum Gasteiger partial charge on any atom is -0.493 e. The van der Waals surface area contributed by atoms with E-state index in [0.717, 1.165) is 11.8 Å². The van der Waals surface area contributed by atoms with E-state index >= 15 is 0 Å². The number of Topliss-reactive ketones (excluding diaryl/α,β-unsaturated/α-hetero) is 1. The number of ketones is 1. The van der Waals surface area contributed by atoms with Crippen LogP contribution < -0.4 is 30.6 Å². The van der Waals surface area contributed by atoms with Gasteiger partial charge in [-0.3, -0.25) is 14.5 Å². The standard InChI is InChI=1S/C23H24N6O5S2/c1-32-15-7-11(8-16(33-2)20(15)34-3)18-12(9-24)21(26)29(13-5-4-6-14(30)19(13)18)22-27-28-23(36-22)35-10-17(25)31/h7-8,18H,4-6,10,26H2,1-3H3,(H2,25,31). The summed E-state index contributed by atoms with van der Waals surface area (Å²) in [6.45, 7) is 0. The second-order valence-corrected chi connectivity index (χ2v) is 10.1. The fraction of sp³-hybridized carbons (Fsp3) is 0.348. The third-order valence-electron chi connectivity index (χ3n) is 5.86. The fourth-order valence-electron chi connectivity index (χ4n) is 4.39. The lowest BCUT2D eigenvalue weighted by Gasteiger charge is -2.38. The zero-order valence-corrected chi connectivity index (χ0v) is 21.5. The number of nitrogens with two attached hydrogens (primary N) is 2. The van der Waals surface area contributed by atoms with Crippen LogP contribution in [0.25, 0.3) is 0 Å². The number of anilines is 1. The summed E-state index contributed by atoms with van der Waals surface area (Å²) in [5.41, 5.74) is 13.8. The van der Waals surface area contributed by atoms with Crippen LogP contribution in [0.2, 0.25) is 0 Å². The van der Waals surface area contributed by atoms with E-state index < -0.39 is 11.8 Å². The molecule has 1 amide bonds. The normalized spacial score (nSPS) is 17.6. The third-order valence-corrected chi connectivity index (χ3v) is 7.92. The van der Waals surface area contributed by atoms with Crippen LogP contribution in [0.5, 0.6) is 17.2 Å². The molecule has 11 nitrogen and oxygen atoms in total. The van der Waals surface area contributed by atoms with E-state index in [2.05, 4.69) is 16.3 Å². The number of nitrogens with zero attached hydrogens (tertiary/aromatic N) is 4. The molecule has 4 rings (SSSR count). The molecule has 36 heavy (non-hydrogen) atoms. The largest absolute Gasteiger partial charge is 0.493 e. The van der Waals surface area contributed by atoms with Crippen molar-refractivity contribution in [3.63, 3.8) is 0 Å². The zero-order chi connectivity index (χ0) is 26.0. The Bertz CT molecular complexity index is 1300. The van der Waals surface area contributed by atoms with Crippen LogP contribution in [0, 0.1) is 11.3 Å². The molecule has 4 N–H and O–H groups in total. The summed E-state index contributed by atoms with van der Waals surface area (Å²) < 4.78 is 17.0. The predicted molar refractivity (Wildman–Crippen MR) is 134 cm³/mol. The molecule has 1 aromatic heterocycles. The molecule has 2 aliphatic rings. The number of allylic oxidation sites excluding steroid dienone is 3. The van der Waals surface area contributed by atoms with E-state index in [1.165, 1.54) is 32.7 Å². The number of hydrogen-bond donors (Lipinski definition) is 2. The van der Waals surface area contributed by atoms with Gasteiger partial charge in [-0.15, -0.1) is 10.2 Å². The Labute approximate surface area is 215 Å². The molecule has 0 bridgehead atoms. The number of aromatic nitrogens is 2. The van der Waals surface area contributed by atoms with Gasteiger partial charge in [0.15, 0.2) is 21.6 Å². The topological polar surface area (TPSA) is 167 Å². The third kappa shape index (κ3) is 4.45. The van der Waals surface area contributed by atoms with Crippen molar-refractivity contribution in [3.8, 4) is 23.3 Å². The monoisotopic (exact) mass is 528 g/mol. The second kappa shape index (κ2) is 10.5. The first-order valence-electron chi connectivity index (χ1n) is 10.8. The number of hydrogen-bond acceptors (Lipinski definition) is 12. The lowest BCUT2D eigenvalue weighted by molar-refractivity contribution is -0.116. The Hall–Kier alpha value is -3.76. The average Bonchev–Trinajstić information content (AvgIpc) is 3.34. The molecule has 1 unspecified atom stereocenters. The molecule has 0 saturated carbocycles. The SMILES string of the molecule is COc1cc(C2C(C#N)=C(N)N(c3nnc(SCC(N)=O)s3)C3=C2C(=O)CCC3)cc(OC)c1OC. The minimum absolute atomic E-state index is 0.0546. The van der Waals surface area contributed by atoms with Crippen molar-refractivity contribution in [2.75, 3.05) is 32.0 Å². The first kappa shape index (κ1) is 25.3. The number of carbonyl (C=O) groups is 2.